The first kappa shape index (κ1) is 25.6. The fourth-order valence-corrected chi connectivity index (χ4v) is 7.07. The van der Waals surface area contributed by atoms with Crippen molar-refractivity contribution in [2.75, 3.05) is 25.1 Å². The van der Waals surface area contributed by atoms with Crippen LogP contribution in [0.1, 0.15) is 18.5 Å². The molecule has 5 rings (SSSR count). The summed E-state index contributed by atoms with van der Waals surface area (Å²) in [7, 11) is -2.12. The Hall–Kier alpha value is -3.05. The van der Waals surface area contributed by atoms with Crippen LogP contribution in [0.15, 0.2) is 71.8 Å². The highest BCUT2D eigenvalue weighted by atomic mass is 35.5. The Morgan fingerprint density at radius 2 is 1.89 bits per heavy atom. The molecule has 1 amide bonds. The summed E-state index contributed by atoms with van der Waals surface area (Å²) in [6.45, 7) is 0.798. The lowest BCUT2D eigenvalue weighted by Gasteiger charge is -2.33. The van der Waals surface area contributed by atoms with E-state index in [0.29, 0.717) is 28.7 Å². The fraction of sp³-hybridized carbons (Fsp3) is 0.269. The summed E-state index contributed by atoms with van der Waals surface area (Å²) in [5.74, 6) is 0.173. The highest BCUT2D eigenvalue weighted by molar-refractivity contribution is 7.89. The second-order valence-corrected chi connectivity index (χ2v) is 12.1. The van der Waals surface area contributed by atoms with Crippen LogP contribution < -0.4 is 9.64 Å². The van der Waals surface area contributed by atoms with E-state index < -0.39 is 10.0 Å². The van der Waals surface area contributed by atoms with E-state index in [9.17, 15) is 13.2 Å². The summed E-state index contributed by atoms with van der Waals surface area (Å²) in [4.78, 5) is 24.8. The standard InChI is InChI=1S/C26H25ClN4O4S2/c1-35-21-6-8-22(9-7-21)37(33,34)30-14-11-18(12-15-30)25(32)31(17-20-4-2-3-13-28-20)26-29-23-10-5-19(27)16-24(23)36-26/h2-10,13,16,18H,11-12,14-15,17H2,1H3. The third-order valence-electron chi connectivity index (χ3n) is 6.38. The lowest BCUT2D eigenvalue weighted by molar-refractivity contribution is -0.123. The Balaban J connectivity index is 1.35. The number of anilines is 1. The first-order valence-corrected chi connectivity index (χ1v) is 14.4. The molecule has 0 radical (unpaired) electrons. The van der Waals surface area contributed by atoms with Crippen LogP contribution in [-0.2, 0) is 21.4 Å². The van der Waals surface area contributed by atoms with Crippen LogP contribution in [0.4, 0.5) is 5.13 Å². The SMILES string of the molecule is COc1ccc(S(=O)(=O)N2CCC(C(=O)N(Cc3ccccn3)c3nc4ccc(Cl)cc4s3)CC2)cc1. The van der Waals surface area contributed by atoms with Crippen LogP contribution in [-0.4, -0.2) is 48.8 Å². The molecule has 0 atom stereocenters. The minimum Gasteiger partial charge on any atom is -0.497 e. The predicted octanol–water partition coefficient (Wildman–Crippen LogP) is 4.99. The van der Waals surface area contributed by atoms with Gasteiger partial charge in [-0.1, -0.05) is 29.0 Å². The van der Waals surface area contributed by atoms with Gasteiger partial charge in [0.15, 0.2) is 5.13 Å². The van der Waals surface area contributed by atoms with Crippen molar-refractivity contribution in [2.24, 2.45) is 5.92 Å². The van der Waals surface area contributed by atoms with E-state index in [1.807, 2.05) is 30.3 Å². The van der Waals surface area contributed by atoms with Gasteiger partial charge in [0.1, 0.15) is 5.75 Å². The molecule has 1 aliphatic heterocycles. The van der Waals surface area contributed by atoms with Gasteiger partial charge in [0.25, 0.3) is 0 Å². The van der Waals surface area contributed by atoms with Gasteiger partial charge in [-0.3, -0.25) is 14.7 Å². The van der Waals surface area contributed by atoms with Crippen molar-refractivity contribution >= 4 is 54.2 Å². The number of piperidine rings is 1. The molecular formula is C26H25ClN4O4S2. The van der Waals surface area contributed by atoms with Crippen LogP contribution >= 0.6 is 22.9 Å². The molecule has 1 saturated heterocycles. The van der Waals surface area contributed by atoms with E-state index in [1.165, 1.54) is 22.8 Å². The largest absolute Gasteiger partial charge is 0.497 e. The quantitative estimate of drug-likeness (QED) is 0.318. The molecule has 1 fully saturated rings. The topological polar surface area (TPSA) is 92.7 Å². The minimum absolute atomic E-state index is 0.0858. The zero-order chi connectivity index (χ0) is 26.0. The molecule has 2 aromatic carbocycles. The molecule has 8 nitrogen and oxygen atoms in total. The Labute approximate surface area is 224 Å². The Bertz CT molecular complexity index is 1500. The molecule has 0 N–H and O–H groups in total. The van der Waals surface area contributed by atoms with Crippen molar-refractivity contribution in [3.8, 4) is 5.75 Å². The van der Waals surface area contributed by atoms with Crippen molar-refractivity contribution in [1.82, 2.24) is 14.3 Å². The van der Waals surface area contributed by atoms with E-state index in [-0.39, 0.29) is 36.4 Å². The summed E-state index contributed by atoms with van der Waals surface area (Å²) in [5.41, 5.74) is 1.51. The van der Waals surface area contributed by atoms with Gasteiger partial charge in [0.2, 0.25) is 15.9 Å². The number of ether oxygens (including phenoxy) is 1. The maximum absolute atomic E-state index is 13.8. The van der Waals surface area contributed by atoms with Crippen LogP contribution in [0.5, 0.6) is 5.75 Å². The van der Waals surface area contributed by atoms with Gasteiger partial charge in [-0.05, 0) is 67.4 Å². The lowest BCUT2D eigenvalue weighted by atomic mass is 9.96. The number of nitrogens with zero attached hydrogens (tertiary/aromatic N) is 4. The summed E-state index contributed by atoms with van der Waals surface area (Å²) >= 11 is 7.56. The van der Waals surface area contributed by atoms with E-state index in [0.717, 1.165) is 15.9 Å². The monoisotopic (exact) mass is 556 g/mol. The number of methoxy groups -OCH3 is 1. The Morgan fingerprint density at radius 3 is 2.57 bits per heavy atom. The van der Waals surface area contributed by atoms with Gasteiger partial charge in [0, 0.05) is 30.2 Å². The number of fused-ring (bicyclic) bond motifs is 1. The van der Waals surface area contributed by atoms with E-state index in [1.54, 1.807) is 41.4 Å². The van der Waals surface area contributed by atoms with Crippen LogP contribution in [0.3, 0.4) is 0 Å². The number of carbonyl (C=O) groups is 1. The molecule has 1 aliphatic rings. The molecule has 4 aromatic rings. The average molecular weight is 557 g/mol. The number of carbonyl (C=O) groups excluding carboxylic acids is 1. The predicted molar refractivity (Wildman–Crippen MR) is 145 cm³/mol. The van der Waals surface area contributed by atoms with Crippen molar-refractivity contribution in [3.63, 3.8) is 0 Å². The zero-order valence-electron chi connectivity index (χ0n) is 20.1. The second kappa shape index (κ2) is 10.7. The summed E-state index contributed by atoms with van der Waals surface area (Å²) in [6.07, 6.45) is 2.53. The maximum Gasteiger partial charge on any atom is 0.243 e. The zero-order valence-corrected chi connectivity index (χ0v) is 22.5. The van der Waals surface area contributed by atoms with Crippen LogP contribution in [0.2, 0.25) is 5.02 Å². The number of rotatable bonds is 7. The molecule has 2 aromatic heterocycles. The number of sulfonamides is 1. The fourth-order valence-electron chi connectivity index (χ4n) is 4.36. The highest BCUT2D eigenvalue weighted by Crippen LogP contribution is 2.34. The van der Waals surface area contributed by atoms with E-state index in [4.69, 9.17) is 21.3 Å². The number of pyridine rings is 1. The third kappa shape index (κ3) is 5.47. The number of hydrogen-bond acceptors (Lipinski definition) is 7. The molecule has 3 heterocycles. The Morgan fingerprint density at radius 1 is 1.14 bits per heavy atom. The number of halogens is 1. The molecule has 0 unspecified atom stereocenters. The first-order valence-electron chi connectivity index (χ1n) is 11.8. The summed E-state index contributed by atoms with van der Waals surface area (Å²) in [6, 6.07) is 17.4. The molecule has 37 heavy (non-hydrogen) atoms. The number of hydrogen-bond donors (Lipinski definition) is 0. The number of thiazole rings is 1. The maximum atomic E-state index is 13.8. The smallest absolute Gasteiger partial charge is 0.243 e. The highest BCUT2D eigenvalue weighted by Gasteiger charge is 2.35. The van der Waals surface area contributed by atoms with Gasteiger partial charge >= 0.3 is 0 Å². The van der Waals surface area contributed by atoms with Crippen LogP contribution in [0, 0.1) is 5.92 Å². The van der Waals surface area contributed by atoms with Crippen molar-refractivity contribution in [2.45, 2.75) is 24.3 Å². The molecular weight excluding hydrogens is 532 g/mol. The third-order valence-corrected chi connectivity index (χ3v) is 9.57. The van der Waals surface area contributed by atoms with Gasteiger partial charge in [-0.2, -0.15) is 4.31 Å². The molecule has 192 valence electrons. The summed E-state index contributed by atoms with van der Waals surface area (Å²) in [5, 5.41) is 1.18. The lowest BCUT2D eigenvalue weighted by Crippen LogP contribution is -2.44. The van der Waals surface area contributed by atoms with Gasteiger partial charge in [-0.25, -0.2) is 13.4 Å². The molecule has 0 bridgehead atoms. The normalized spacial score (nSPS) is 15.1. The first-order chi connectivity index (χ1) is 17.8. The van der Waals surface area contributed by atoms with E-state index >= 15 is 0 Å². The molecule has 0 spiro atoms. The van der Waals surface area contributed by atoms with E-state index in [2.05, 4.69) is 4.98 Å². The number of benzene rings is 2. The molecule has 11 heteroatoms. The number of aromatic nitrogens is 2. The van der Waals surface area contributed by atoms with Gasteiger partial charge in [-0.15, -0.1) is 0 Å². The Kier molecular flexibility index (Phi) is 7.43. The van der Waals surface area contributed by atoms with Crippen molar-refractivity contribution in [1.29, 1.82) is 0 Å². The van der Waals surface area contributed by atoms with Crippen LogP contribution in [0.25, 0.3) is 10.2 Å². The van der Waals surface area contributed by atoms with Crippen molar-refractivity contribution in [3.05, 3.63) is 77.6 Å². The van der Waals surface area contributed by atoms with Gasteiger partial charge < -0.3 is 4.74 Å². The minimum atomic E-state index is -3.66. The number of amides is 1. The summed E-state index contributed by atoms with van der Waals surface area (Å²) < 4.78 is 33.8. The average Bonchev–Trinajstić information content (AvgIpc) is 3.35. The van der Waals surface area contributed by atoms with Gasteiger partial charge in [0.05, 0.1) is 34.5 Å². The molecule has 0 aliphatic carbocycles. The molecule has 0 saturated carbocycles. The van der Waals surface area contributed by atoms with Crippen molar-refractivity contribution < 1.29 is 17.9 Å². The second-order valence-electron chi connectivity index (χ2n) is 8.71.